The van der Waals surface area contributed by atoms with Gasteiger partial charge in [-0.15, -0.1) is 0 Å². The predicted molar refractivity (Wildman–Crippen MR) is 80.7 cm³/mol. The van der Waals surface area contributed by atoms with E-state index in [1.807, 2.05) is 19.9 Å². The summed E-state index contributed by atoms with van der Waals surface area (Å²) < 4.78 is 22.0. The summed E-state index contributed by atoms with van der Waals surface area (Å²) in [6.07, 6.45) is 0. The third-order valence-electron chi connectivity index (χ3n) is 3.19. The average Bonchev–Trinajstić information content (AvgIpc) is 2.34. The van der Waals surface area contributed by atoms with Crippen molar-refractivity contribution in [3.05, 3.63) is 23.8 Å². The molecule has 0 spiro atoms. The molecule has 1 heterocycles. The van der Waals surface area contributed by atoms with Crippen molar-refractivity contribution in [1.82, 2.24) is 0 Å². The zero-order valence-corrected chi connectivity index (χ0v) is 14.4. The quantitative estimate of drug-likeness (QED) is 0.789. The summed E-state index contributed by atoms with van der Waals surface area (Å²) in [6, 6.07) is 5.36. The van der Waals surface area contributed by atoms with E-state index >= 15 is 0 Å². The molecule has 0 unspecified atom stereocenters. The molecule has 0 aromatic heterocycles. The van der Waals surface area contributed by atoms with Gasteiger partial charge in [0.05, 0.1) is 6.61 Å². The molecule has 0 aliphatic carbocycles. The number of ether oxygens (including phenoxy) is 2. The number of benzene rings is 1. The molecule has 2 rings (SSSR count). The molecule has 0 amide bonds. The number of fused-ring (bicyclic) bond motifs is 1. The topological polar surface area (TPSA) is 71.1 Å². The summed E-state index contributed by atoms with van der Waals surface area (Å²) >= 11 is 0. The van der Waals surface area contributed by atoms with Crippen LogP contribution in [0, 0.1) is 0 Å². The molecular weight excluding hydrogens is 304 g/mol. The lowest BCUT2D eigenvalue weighted by Crippen LogP contribution is -2.53. The zero-order valence-electron chi connectivity index (χ0n) is 13.4. The predicted octanol–water partition coefficient (Wildman–Crippen LogP) is 1.74. The Morgan fingerprint density at radius 3 is 2.32 bits per heavy atom. The number of carbonyl (C=O) groups excluding carboxylic acids is 2. The maximum atomic E-state index is 11.4. The lowest BCUT2D eigenvalue weighted by Gasteiger charge is -2.33. The summed E-state index contributed by atoms with van der Waals surface area (Å²) in [5.41, 5.74) is 0.829. The molecule has 0 bridgehead atoms. The highest BCUT2D eigenvalue weighted by atomic mass is 28.4. The summed E-state index contributed by atoms with van der Waals surface area (Å²) in [7, 11) is -3.16. The fraction of sp³-hybridized carbons (Fsp3) is 0.467. The largest absolute Gasteiger partial charge is 0.496 e. The molecule has 1 aromatic carbocycles. The maximum Gasteiger partial charge on any atom is 0.496 e. The van der Waals surface area contributed by atoms with Gasteiger partial charge in [-0.2, -0.15) is 0 Å². The van der Waals surface area contributed by atoms with Crippen LogP contribution in [0.25, 0.3) is 0 Å². The maximum absolute atomic E-state index is 11.4. The first-order valence-corrected chi connectivity index (χ1v) is 9.28. The van der Waals surface area contributed by atoms with Crippen molar-refractivity contribution in [2.24, 2.45) is 0 Å². The SMILES string of the molecule is CC(=O)O[Si](C)(OC(C)=O)c1ccc2c(c1)COC(C)(C)O2. The molecular formula is C15H20O6Si. The standard InChI is InChI=1S/C15H20O6Si/c1-10(16)20-22(5,21-11(2)17)13-6-7-14-12(8-13)9-18-15(3,4)19-14/h6-8H,9H2,1-5H3. The molecule has 0 N–H and O–H groups in total. The molecule has 0 fully saturated rings. The fourth-order valence-electron chi connectivity index (χ4n) is 2.31. The lowest BCUT2D eigenvalue weighted by atomic mass is 10.2. The van der Waals surface area contributed by atoms with Crippen LogP contribution in [-0.2, 0) is 29.8 Å². The smallest absolute Gasteiger partial charge is 0.482 e. The van der Waals surface area contributed by atoms with Crippen molar-refractivity contribution in [2.75, 3.05) is 0 Å². The van der Waals surface area contributed by atoms with E-state index in [0.717, 1.165) is 5.56 Å². The van der Waals surface area contributed by atoms with Gasteiger partial charge in [0.2, 0.25) is 5.79 Å². The summed E-state index contributed by atoms with van der Waals surface area (Å²) in [5, 5.41) is 0.670. The average molecular weight is 324 g/mol. The first-order chi connectivity index (χ1) is 10.1. The summed E-state index contributed by atoms with van der Waals surface area (Å²) in [6.45, 7) is 8.29. The van der Waals surface area contributed by atoms with Crippen LogP contribution in [0.5, 0.6) is 5.75 Å². The number of rotatable bonds is 3. The summed E-state index contributed by atoms with van der Waals surface area (Å²) in [4.78, 5) is 22.7. The molecule has 1 aromatic rings. The van der Waals surface area contributed by atoms with Crippen LogP contribution in [0.3, 0.4) is 0 Å². The van der Waals surface area contributed by atoms with E-state index in [4.69, 9.17) is 18.3 Å². The Labute approximate surface area is 130 Å². The Kier molecular flexibility index (Phi) is 4.30. The van der Waals surface area contributed by atoms with Gasteiger partial charge in [-0.25, -0.2) is 0 Å². The number of hydrogen-bond donors (Lipinski definition) is 0. The minimum Gasteiger partial charge on any atom is -0.482 e. The minimum absolute atomic E-state index is 0.376. The normalized spacial score (nSPS) is 16.2. The molecule has 1 aliphatic heterocycles. The first kappa shape index (κ1) is 16.5. The fourth-order valence-corrected chi connectivity index (χ4v) is 4.50. The van der Waals surface area contributed by atoms with Gasteiger partial charge in [-0.3, -0.25) is 9.59 Å². The van der Waals surface area contributed by atoms with Crippen molar-refractivity contribution in [2.45, 2.75) is 46.6 Å². The Hall–Kier alpha value is -1.86. The van der Waals surface area contributed by atoms with E-state index < -0.39 is 26.3 Å². The second-order valence-electron chi connectivity index (χ2n) is 5.75. The van der Waals surface area contributed by atoms with Gasteiger partial charge < -0.3 is 18.3 Å². The van der Waals surface area contributed by atoms with Crippen LogP contribution < -0.4 is 9.92 Å². The second kappa shape index (κ2) is 5.73. The minimum atomic E-state index is -3.16. The van der Waals surface area contributed by atoms with Crippen LogP contribution >= 0.6 is 0 Å². The highest BCUT2D eigenvalue weighted by Crippen LogP contribution is 2.30. The Morgan fingerprint density at radius 2 is 1.77 bits per heavy atom. The summed E-state index contributed by atoms with van der Waals surface area (Å²) in [5.74, 6) is -0.938. The molecule has 120 valence electrons. The highest BCUT2D eigenvalue weighted by molar-refractivity contribution is 6.82. The van der Waals surface area contributed by atoms with Gasteiger partial charge in [0, 0.05) is 45.0 Å². The van der Waals surface area contributed by atoms with E-state index in [9.17, 15) is 9.59 Å². The highest BCUT2D eigenvalue weighted by Gasteiger charge is 2.42. The molecule has 6 nitrogen and oxygen atoms in total. The lowest BCUT2D eigenvalue weighted by molar-refractivity contribution is -0.180. The van der Waals surface area contributed by atoms with E-state index in [1.54, 1.807) is 18.7 Å². The van der Waals surface area contributed by atoms with Crippen molar-refractivity contribution >= 4 is 25.7 Å². The van der Waals surface area contributed by atoms with Crippen molar-refractivity contribution in [3.8, 4) is 5.75 Å². The molecule has 7 heteroatoms. The van der Waals surface area contributed by atoms with E-state index in [-0.39, 0.29) is 0 Å². The van der Waals surface area contributed by atoms with Gasteiger partial charge in [0.1, 0.15) is 5.75 Å². The van der Waals surface area contributed by atoms with Crippen LogP contribution in [0.15, 0.2) is 18.2 Å². The molecule has 0 saturated heterocycles. The van der Waals surface area contributed by atoms with Gasteiger partial charge >= 0.3 is 8.56 Å². The third-order valence-corrected chi connectivity index (χ3v) is 5.91. The van der Waals surface area contributed by atoms with Gasteiger partial charge in [-0.05, 0) is 12.1 Å². The molecule has 0 radical (unpaired) electrons. The van der Waals surface area contributed by atoms with Gasteiger partial charge in [0.15, 0.2) is 0 Å². The van der Waals surface area contributed by atoms with Crippen LogP contribution in [-0.4, -0.2) is 26.3 Å². The molecule has 0 saturated carbocycles. The number of hydrogen-bond acceptors (Lipinski definition) is 6. The Balaban J connectivity index is 2.37. The Morgan fingerprint density at radius 1 is 1.18 bits per heavy atom. The van der Waals surface area contributed by atoms with Crippen LogP contribution in [0.1, 0.15) is 33.3 Å². The van der Waals surface area contributed by atoms with Crippen LogP contribution in [0.4, 0.5) is 0 Å². The molecule has 22 heavy (non-hydrogen) atoms. The van der Waals surface area contributed by atoms with Gasteiger partial charge in [0.25, 0.3) is 11.9 Å². The molecule has 0 atom stereocenters. The van der Waals surface area contributed by atoms with Crippen LogP contribution in [0.2, 0.25) is 6.55 Å². The monoisotopic (exact) mass is 324 g/mol. The van der Waals surface area contributed by atoms with E-state index in [2.05, 4.69) is 0 Å². The van der Waals surface area contributed by atoms with Gasteiger partial charge in [-0.1, -0.05) is 6.07 Å². The van der Waals surface area contributed by atoms with E-state index in [0.29, 0.717) is 17.5 Å². The zero-order chi connectivity index (χ0) is 16.5. The third kappa shape index (κ3) is 3.66. The van der Waals surface area contributed by atoms with Crippen molar-refractivity contribution < 1.29 is 27.9 Å². The van der Waals surface area contributed by atoms with Crippen molar-refractivity contribution in [1.29, 1.82) is 0 Å². The molecule has 1 aliphatic rings. The van der Waals surface area contributed by atoms with Crippen molar-refractivity contribution in [3.63, 3.8) is 0 Å². The number of carbonyl (C=O) groups is 2. The van der Waals surface area contributed by atoms with E-state index in [1.165, 1.54) is 13.8 Å². The first-order valence-electron chi connectivity index (χ1n) is 6.97. The second-order valence-corrected chi connectivity index (χ2v) is 8.62. The Bertz CT molecular complexity index is 594.